The molecule has 1 aliphatic rings. The zero-order valence-corrected chi connectivity index (χ0v) is 27.4. The number of amides is 2. The van der Waals surface area contributed by atoms with Crippen LogP contribution < -0.4 is 9.62 Å². The number of carbonyl (C=O) groups excluding carboxylic acids is 2. The van der Waals surface area contributed by atoms with Crippen LogP contribution in [0, 0.1) is 20.8 Å². The number of aryl methyl sites for hydroxylation is 2. The number of anilines is 1. The quantitative estimate of drug-likeness (QED) is 0.246. The van der Waals surface area contributed by atoms with E-state index < -0.39 is 16.1 Å². The summed E-state index contributed by atoms with van der Waals surface area (Å²) in [4.78, 5) is 29.9. The van der Waals surface area contributed by atoms with Crippen LogP contribution in [0.25, 0.3) is 0 Å². The summed E-state index contributed by atoms with van der Waals surface area (Å²) in [6.45, 7) is 6.35. The normalized spacial score (nSPS) is 14.5. The highest BCUT2D eigenvalue weighted by Crippen LogP contribution is 2.26. The number of benzene rings is 3. The molecular weight excluding hydrogens is 570 g/mol. The lowest BCUT2D eigenvalue weighted by atomic mass is 9.94. The van der Waals surface area contributed by atoms with Crippen molar-refractivity contribution in [3.8, 4) is 0 Å². The van der Waals surface area contributed by atoms with Crippen molar-refractivity contribution in [2.24, 2.45) is 0 Å². The molecule has 7 nitrogen and oxygen atoms in total. The van der Waals surface area contributed by atoms with E-state index in [4.69, 9.17) is 0 Å². The molecule has 1 saturated carbocycles. The Kier molecular flexibility index (Phi) is 11.6. The number of sulfonamides is 1. The van der Waals surface area contributed by atoms with E-state index in [2.05, 4.69) is 5.32 Å². The van der Waals surface area contributed by atoms with Crippen LogP contribution in [-0.2, 0) is 32.6 Å². The fourth-order valence-corrected chi connectivity index (χ4v) is 7.07. The molecule has 8 heteroatoms. The van der Waals surface area contributed by atoms with E-state index in [9.17, 15) is 18.0 Å². The Bertz CT molecular complexity index is 1520. The first-order chi connectivity index (χ1) is 21.0. The molecule has 2 amide bonds. The maximum atomic E-state index is 14.2. The first-order valence-electron chi connectivity index (χ1n) is 15.8. The van der Waals surface area contributed by atoms with Gasteiger partial charge >= 0.3 is 0 Å². The molecule has 0 radical (unpaired) electrons. The highest BCUT2D eigenvalue weighted by molar-refractivity contribution is 7.92. The molecule has 0 heterocycles. The minimum absolute atomic E-state index is 0.116. The first-order valence-corrected chi connectivity index (χ1v) is 17.6. The van der Waals surface area contributed by atoms with Crippen molar-refractivity contribution < 1.29 is 18.0 Å². The topological polar surface area (TPSA) is 86.8 Å². The van der Waals surface area contributed by atoms with Crippen molar-refractivity contribution in [1.82, 2.24) is 10.2 Å². The van der Waals surface area contributed by atoms with Gasteiger partial charge in [0.05, 0.1) is 11.9 Å². The van der Waals surface area contributed by atoms with Gasteiger partial charge in [0.1, 0.15) is 6.04 Å². The number of hydrogen-bond donors (Lipinski definition) is 1. The van der Waals surface area contributed by atoms with Crippen molar-refractivity contribution >= 4 is 27.5 Å². The van der Waals surface area contributed by atoms with Crippen LogP contribution in [0.1, 0.15) is 72.8 Å². The third-order valence-electron chi connectivity index (χ3n) is 8.82. The molecular formula is C36H47N3O4S. The van der Waals surface area contributed by atoms with Crippen molar-refractivity contribution in [1.29, 1.82) is 0 Å². The number of carbonyl (C=O) groups is 2. The Morgan fingerprint density at radius 3 is 2.20 bits per heavy atom. The summed E-state index contributed by atoms with van der Waals surface area (Å²) in [5.41, 5.74) is 5.55. The monoisotopic (exact) mass is 617 g/mol. The average molecular weight is 618 g/mol. The summed E-state index contributed by atoms with van der Waals surface area (Å²) < 4.78 is 27.1. The maximum Gasteiger partial charge on any atom is 0.243 e. The summed E-state index contributed by atoms with van der Waals surface area (Å²) in [5, 5.41) is 3.28. The maximum absolute atomic E-state index is 14.2. The predicted octanol–water partition coefficient (Wildman–Crippen LogP) is 6.25. The van der Waals surface area contributed by atoms with Crippen LogP contribution in [0.2, 0.25) is 0 Å². The standard InChI is InChI=1S/C36H47N3O4S/c1-27-16-13-22-33(29(27)3)39(44(4,42)43)24-14-23-35(40)38(26-31-19-12-11-15-28(31)2)34(25-30-17-7-5-8-18-30)36(41)37-32-20-9-6-10-21-32/h5,7-8,11-13,15-19,22,32,34H,6,9-10,14,20-21,23-26H2,1-4H3,(H,37,41)/t34-/m1/s1. The molecule has 0 bridgehead atoms. The van der Waals surface area contributed by atoms with Crippen LogP contribution in [0.4, 0.5) is 5.69 Å². The Labute approximate surface area is 263 Å². The van der Waals surface area contributed by atoms with Crippen LogP contribution in [0.5, 0.6) is 0 Å². The van der Waals surface area contributed by atoms with E-state index >= 15 is 0 Å². The number of nitrogens with one attached hydrogen (secondary N) is 1. The van der Waals surface area contributed by atoms with Gasteiger partial charge in [-0.1, -0.05) is 86.0 Å². The van der Waals surface area contributed by atoms with Crippen LogP contribution in [0.15, 0.2) is 72.8 Å². The lowest BCUT2D eigenvalue weighted by Crippen LogP contribution is -2.53. The summed E-state index contributed by atoms with van der Waals surface area (Å²) in [7, 11) is -3.57. The fourth-order valence-electron chi connectivity index (χ4n) is 6.06. The minimum atomic E-state index is -3.57. The molecule has 3 aromatic carbocycles. The third kappa shape index (κ3) is 8.94. The Morgan fingerprint density at radius 2 is 1.52 bits per heavy atom. The molecule has 0 aromatic heterocycles. The Morgan fingerprint density at radius 1 is 0.864 bits per heavy atom. The number of rotatable bonds is 13. The average Bonchev–Trinajstić information content (AvgIpc) is 3.00. The molecule has 1 fully saturated rings. The highest BCUT2D eigenvalue weighted by Gasteiger charge is 2.32. The van der Waals surface area contributed by atoms with Gasteiger partial charge in [0.25, 0.3) is 0 Å². The zero-order chi connectivity index (χ0) is 31.7. The molecule has 1 atom stereocenters. The van der Waals surface area contributed by atoms with E-state index in [1.54, 1.807) is 11.0 Å². The van der Waals surface area contributed by atoms with Crippen molar-refractivity contribution in [2.45, 2.75) is 90.8 Å². The number of nitrogens with zero attached hydrogens (tertiary/aromatic N) is 2. The van der Waals surface area contributed by atoms with Gasteiger partial charge in [-0.05, 0) is 73.9 Å². The second-order valence-corrected chi connectivity index (χ2v) is 14.1. The summed E-state index contributed by atoms with van der Waals surface area (Å²) in [6.07, 6.45) is 7.32. The number of hydrogen-bond acceptors (Lipinski definition) is 4. The van der Waals surface area contributed by atoms with Gasteiger partial charge in [0, 0.05) is 32.0 Å². The Hall–Kier alpha value is -3.65. The molecule has 236 valence electrons. The first kappa shape index (κ1) is 33.2. The summed E-state index contributed by atoms with van der Waals surface area (Å²) in [5.74, 6) is -0.293. The van der Waals surface area contributed by atoms with E-state index in [1.807, 2.05) is 87.5 Å². The lowest BCUT2D eigenvalue weighted by Gasteiger charge is -2.34. The van der Waals surface area contributed by atoms with Gasteiger partial charge in [0.2, 0.25) is 21.8 Å². The van der Waals surface area contributed by atoms with Gasteiger partial charge in [0.15, 0.2) is 0 Å². The van der Waals surface area contributed by atoms with Crippen molar-refractivity contribution in [3.63, 3.8) is 0 Å². The van der Waals surface area contributed by atoms with E-state index in [-0.39, 0.29) is 30.8 Å². The van der Waals surface area contributed by atoms with Gasteiger partial charge in [-0.25, -0.2) is 8.42 Å². The molecule has 1 N–H and O–H groups in total. The molecule has 4 rings (SSSR count). The molecule has 1 aliphatic carbocycles. The smallest absolute Gasteiger partial charge is 0.243 e. The van der Waals surface area contributed by atoms with Crippen LogP contribution in [0.3, 0.4) is 0 Å². The molecule has 3 aromatic rings. The van der Waals surface area contributed by atoms with Gasteiger partial charge in [-0.15, -0.1) is 0 Å². The van der Waals surface area contributed by atoms with E-state index in [0.29, 0.717) is 25.1 Å². The fraction of sp³-hybridized carbons (Fsp3) is 0.444. The second kappa shape index (κ2) is 15.4. The molecule has 0 saturated heterocycles. The summed E-state index contributed by atoms with van der Waals surface area (Å²) >= 11 is 0. The minimum Gasteiger partial charge on any atom is -0.352 e. The van der Waals surface area contributed by atoms with Crippen LogP contribution >= 0.6 is 0 Å². The van der Waals surface area contributed by atoms with Crippen molar-refractivity contribution in [3.05, 3.63) is 101 Å². The summed E-state index contributed by atoms with van der Waals surface area (Å²) in [6, 6.07) is 22.8. The van der Waals surface area contributed by atoms with Gasteiger partial charge < -0.3 is 10.2 Å². The molecule has 0 aliphatic heterocycles. The van der Waals surface area contributed by atoms with Gasteiger partial charge in [-0.3, -0.25) is 13.9 Å². The van der Waals surface area contributed by atoms with Crippen molar-refractivity contribution in [2.75, 3.05) is 17.1 Å². The third-order valence-corrected chi connectivity index (χ3v) is 10.0. The largest absolute Gasteiger partial charge is 0.352 e. The molecule has 44 heavy (non-hydrogen) atoms. The second-order valence-electron chi connectivity index (χ2n) is 12.2. The highest BCUT2D eigenvalue weighted by atomic mass is 32.2. The SMILES string of the molecule is Cc1ccccc1CN(C(=O)CCCN(c1cccc(C)c1C)S(C)(=O)=O)[C@H](Cc1ccccc1)C(=O)NC1CCCCC1. The lowest BCUT2D eigenvalue weighted by molar-refractivity contribution is -0.141. The van der Waals surface area contributed by atoms with Crippen LogP contribution in [-0.4, -0.2) is 50.0 Å². The van der Waals surface area contributed by atoms with E-state index in [0.717, 1.165) is 53.5 Å². The zero-order valence-electron chi connectivity index (χ0n) is 26.6. The predicted molar refractivity (Wildman–Crippen MR) is 178 cm³/mol. The van der Waals surface area contributed by atoms with E-state index in [1.165, 1.54) is 17.0 Å². The molecule has 0 spiro atoms. The molecule has 0 unspecified atom stereocenters. The Balaban J connectivity index is 1.61. The van der Waals surface area contributed by atoms with Gasteiger partial charge in [-0.2, -0.15) is 0 Å².